The van der Waals surface area contributed by atoms with Gasteiger partial charge >= 0.3 is 0 Å². The van der Waals surface area contributed by atoms with Crippen molar-refractivity contribution in [3.8, 4) is 0 Å². The molecule has 1 aliphatic heterocycles. The largest absolute Gasteiger partial charge is 0.356 e. The van der Waals surface area contributed by atoms with Crippen LogP contribution in [0.4, 0.5) is 0 Å². The number of hydrogen-bond acceptors (Lipinski definition) is 3. The SMILES string of the molecule is O=C1CCC(NC(=O)c2cc(C3CC3)nc3ccccc23)CCN1. The van der Waals surface area contributed by atoms with E-state index < -0.39 is 0 Å². The fourth-order valence-corrected chi connectivity index (χ4v) is 3.30. The first-order valence-corrected chi connectivity index (χ1v) is 8.68. The van der Waals surface area contributed by atoms with E-state index in [0.29, 0.717) is 30.9 Å². The first-order valence-electron chi connectivity index (χ1n) is 8.68. The zero-order valence-electron chi connectivity index (χ0n) is 13.5. The lowest BCUT2D eigenvalue weighted by molar-refractivity contribution is -0.120. The summed E-state index contributed by atoms with van der Waals surface area (Å²) in [5.41, 5.74) is 2.60. The fraction of sp³-hybridized carbons (Fsp3) is 0.421. The van der Waals surface area contributed by atoms with Gasteiger partial charge < -0.3 is 10.6 Å². The van der Waals surface area contributed by atoms with Crippen LogP contribution in [-0.4, -0.2) is 29.4 Å². The number of amides is 2. The number of hydrogen-bond donors (Lipinski definition) is 2. The number of carbonyl (C=O) groups is 2. The van der Waals surface area contributed by atoms with Crippen molar-refractivity contribution in [3.05, 3.63) is 41.6 Å². The highest BCUT2D eigenvalue weighted by Gasteiger charge is 2.27. The van der Waals surface area contributed by atoms with E-state index in [2.05, 4.69) is 10.6 Å². The van der Waals surface area contributed by atoms with Gasteiger partial charge in [-0.2, -0.15) is 0 Å². The van der Waals surface area contributed by atoms with Crippen LogP contribution in [0.3, 0.4) is 0 Å². The van der Waals surface area contributed by atoms with E-state index in [1.165, 1.54) is 0 Å². The molecule has 5 heteroatoms. The van der Waals surface area contributed by atoms with Gasteiger partial charge in [0.2, 0.25) is 5.91 Å². The summed E-state index contributed by atoms with van der Waals surface area (Å²) in [6.45, 7) is 0.619. The quantitative estimate of drug-likeness (QED) is 0.912. The molecule has 24 heavy (non-hydrogen) atoms. The Balaban J connectivity index is 1.62. The van der Waals surface area contributed by atoms with Gasteiger partial charge in [-0.15, -0.1) is 0 Å². The maximum atomic E-state index is 12.9. The van der Waals surface area contributed by atoms with Crippen molar-refractivity contribution >= 4 is 22.7 Å². The predicted molar refractivity (Wildman–Crippen MR) is 91.8 cm³/mol. The first-order chi connectivity index (χ1) is 11.7. The Morgan fingerprint density at radius 2 is 2.00 bits per heavy atom. The van der Waals surface area contributed by atoms with Crippen molar-refractivity contribution in [2.75, 3.05) is 6.54 Å². The molecule has 1 aromatic carbocycles. The van der Waals surface area contributed by atoms with Crippen molar-refractivity contribution in [2.24, 2.45) is 0 Å². The monoisotopic (exact) mass is 323 g/mol. The standard InChI is InChI=1S/C19H21N3O2/c23-18-8-7-13(9-10-20-18)21-19(24)15-11-17(12-5-6-12)22-16-4-2-1-3-14(15)16/h1-4,11-13H,5-10H2,(H,20,23)(H,21,24). The van der Waals surface area contributed by atoms with Crippen LogP contribution in [0.5, 0.6) is 0 Å². The van der Waals surface area contributed by atoms with Crippen molar-refractivity contribution in [1.29, 1.82) is 0 Å². The summed E-state index contributed by atoms with van der Waals surface area (Å²) in [6, 6.07) is 9.79. The Morgan fingerprint density at radius 3 is 2.83 bits per heavy atom. The Bertz CT molecular complexity index is 798. The number of nitrogens with one attached hydrogen (secondary N) is 2. The van der Waals surface area contributed by atoms with E-state index >= 15 is 0 Å². The summed E-state index contributed by atoms with van der Waals surface area (Å²) < 4.78 is 0. The molecule has 1 saturated heterocycles. The summed E-state index contributed by atoms with van der Waals surface area (Å²) >= 11 is 0. The van der Waals surface area contributed by atoms with Gasteiger partial charge in [-0.05, 0) is 37.8 Å². The minimum absolute atomic E-state index is 0.0350. The van der Waals surface area contributed by atoms with E-state index in [1.807, 2.05) is 30.3 Å². The lowest BCUT2D eigenvalue weighted by atomic mass is 10.0. The second kappa shape index (κ2) is 6.23. The predicted octanol–water partition coefficient (Wildman–Crippen LogP) is 2.51. The first kappa shape index (κ1) is 15.1. The number of fused-ring (bicyclic) bond motifs is 1. The molecule has 5 nitrogen and oxygen atoms in total. The van der Waals surface area contributed by atoms with Gasteiger partial charge in [-0.3, -0.25) is 14.6 Å². The number of rotatable bonds is 3. The highest BCUT2D eigenvalue weighted by molar-refractivity contribution is 6.06. The van der Waals surface area contributed by atoms with E-state index in [0.717, 1.165) is 35.9 Å². The number of benzene rings is 1. The van der Waals surface area contributed by atoms with Gasteiger partial charge in [0.15, 0.2) is 0 Å². The molecule has 2 aromatic rings. The van der Waals surface area contributed by atoms with Gasteiger partial charge in [0.05, 0.1) is 11.1 Å². The highest BCUT2D eigenvalue weighted by atomic mass is 16.2. The van der Waals surface area contributed by atoms with Crippen LogP contribution in [0.1, 0.15) is 54.1 Å². The van der Waals surface area contributed by atoms with Crippen LogP contribution in [0, 0.1) is 0 Å². The average molecular weight is 323 g/mol. The summed E-state index contributed by atoms with van der Waals surface area (Å²) in [6.07, 6.45) is 4.24. The number of para-hydroxylation sites is 1. The Kier molecular flexibility index (Phi) is 3.92. The second-order valence-corrected chi connectivity index (χ2v) is 6.73. The van der Waals surface area contributed by atoms with Crippen LogP contribution >= 0.6 is 0 Å². The summed E-state index contributed by atoms with van der Waals surface area (Å²) in [5, 5.41) is 6.86. The zero-order valence-corrected chi connectivity index (χ0v) is 13.5. The molecule has 2 heterocycles. The van der Waals surface area contributed by atoms with Gasteiger partial charge in [-0.1, -0.05) is 18.2 Å². The van der Waals surface area contributed by atoms with Crippen LogP contribution in [0.25, 0.3) is 10.9 Å². The number of carbonyl (C=O) groups excluding carboxylic acids is 2. The molecule has 0 bridgehead atoms. The van der Waals surface area contributed by atoms with Crippen LogP contribution in [0.2, 0.25) is 0 Å². The molecular formula is C19H21N3O2. The van der Waals surface area contributed by atoms with Crippen molar-refractivity contribution in [3.63, 3.8) is 0 Å². The number of pyridine rings is 1. The number of aromatic nitrogens is 1. The third kappa shape index (κ3) is 3.11. The van der Waals surface area contributed by atoms with Crippen molar-refractivity contribution in [2.45, 2.75) is 44.1 Å². The van der Waals surface area contributed by atoms with Crippen LogP contribution < -0.4 is 10.6 Å². The molecule has 1 atom stereocenters. The summed E-state index contributed by atoms with van der Waals surface area (Å²) in [5.74, 6) is 0.507. The van der Waals surface area contributed by atoms with E-state index in [1.54, 1.807) is 0 Å². The fourth-order valence-electron chi connectivity index (χ4n) is 3.30. The lowest BCUT2D eigenvalue weighted by Gasteiger charge is -2.17. The molecule has 124 valence electrons. The normalized spacial score (nSPS) is 21.2. The van der Waals surface area contributed by atoms with Gasteiger partial charge in [-0.25, -0.2) is 0 Å². The molecule has 2 N–H and O–H groups in total. The van der Waals surface area contributed by atoms with E-state index in [9.17, 15) is 9.59 Å². The molecule has 0 spiro atoms. The Morgan fingerprint density at radius 1 is 1.17 bits per heavy atom. The maximum Gasteiger partial charge on any atom is 0.252 e. The Hall–Kier alpha value is -2.43. The van der Waals surface area contributed by atoms with Crippen LogP contribution in [0.15, 0.2) is 30.3 Å². The van der Waals surface area contributed by atoms with Crippen molar-refractivity contribution < 1.29 is 9.59 Å². The molecule has 2 amide bonds. The van der Waals surface area contributed by atoms with Gasteiger partial charge in [0.25, 0.3) is 5.91 Å². The molecular weight excluding hydrogens is 302 g/mol. The van der Waals surface area contributed by atoms with Crippen molar-refractivity contribution in [1.82, 2.24) is 15.6 Å². The van der Waals surface area contributed by atoms with Gasteiger partial charge in [0.1, 0.15) is 0 Å². The maximum absolute atomic E-state index is 12.9. The molecule has 1 saturated carbocycles. The van der Waals surface area contributed by atoms with E-state index in [4.69, 9.17) is 4.98 Å². The van der Waals surface area contributed by atoms with Crippen LogP contribution in [-0.2, 0) is 4.79 Å². The molecule has 1 aliphatic carbocycles. The molecule has 1 unspecified atom stereocenters. The Labute approximate surface area is 140 Å². The lowest BCUT2D eigenvalue weighted by Crippen LogP contribution is -2.35. The summed E-state index contributed by atoms with van der Waals surface area (Å²) in [7, 11) is 0. The molecule has 0 radical (unpaired) electrons. The third-order valence-electron chi connectivity index (χ3n) is 4.85. The average Bonchev–Trinajstić information content (AvgIpc) is 3.43. The number of nitrogens with zero attached hydrogens (tertiary/aromatic N) is 1. The highest BCUT2D eigenvalue weighted by Crippen LogP contribution is 2.40. The van der Waals surface area contributed by atoms with E-state index in [-0.39, 0.29) is 17.9 Å². The third-order valence-corrected chi connectivity index (χ3v) is 4.85. The van der Waals surface area contributed by atoms with Gasteiger partial charge in [0, 0.05) is 36.0 Å². The topological polar surface area (TPSA) is 71.1 Å². The molecule has 2 fully saturated rings. The molecule has 1 aromatic heterocycles. The smallest absolute Gasteiger partial charge is 0.252 e. The summed E-state index contributed by atoms with van der Waals surface area (Å²) in [4.78, 5) is 29.0. The minimum atomic E-state index is -0.0603. The molecule has 4 rings (SSSR count). The minimum Gasteiger partial charge on any atom is -0.356 e. The second-order valence-electron chi connectivity index (χ2n) is 6.73. The molecule has 2 aliphatic rings. The zero-order chi connectivity index (χ0) is 16.5.